The fraction of sp³-hybridized carbons (Fsp3) is 0.385. The molecule has 0 aromatic carbocycles. The van der Waals surface area contributed by atoms with Crippen molar-refractivity contribution < 1.29 is 0 Å². The molecule has 0 radical (unpaired) electrons. The van der Waals surface area contributed by atoms with Gasteiger partial charge in [-0.05, 0) is 38.0 Å². The molecule has 2 heterocycles. The fourth-order valence-corrected chi connectivity index (χ4v) is 2.20. The van der Waals surface area contributed by atoms with E-state index < -0.39 is 0 Å². The van der Waals surface area contributed by atoms with Crippen LogP contribution in [0.2, 0.25) is 5.15 Å². The summed E-state index contributed by atoms with van der Waals surface area (Å²) < 4.78 is 1.92. The van der Waals surface area contributed by atoms with Crippen LogP contribution >= 0.6 is 11.6 Å². The lowest BCUT2D eigenvalue weighted by Gasteiger charge is -2.06. The van der Waals surface area contributed by atoms with E-state index >= 15 is 0 Å². The van der Waals surface area contributed by atoms with E-state index in [1.54, 1.807) is 6.20 Å². The summed E-state index contributed by atoms with van der Waals surface area (Å²) >= 11 is 5.83. The van der Waals surface area contributed by atoms with Crippen LogP contribution in [0.15, 0.2) is 18.3 Å². The maximum Gasteiger partial charge on any atom is 0.131 e. The van der Waals surface area contributed by atoms with Crippen molar-refractivity contribution >= 4 is 17.3 Å². The van der Waals surface area contributed by atoms with Crippen molar-refractivity contribution in [2.45, 2.75) is 20.3 Å². The van der Waals surface area contributed by atoms with Crippen LogP contribution in [0.5, 0.6) is 0 Å². The maximum atomic E-state index is 5.83. The van der Waals surface area contributed by atoms with Gasteiger partial charge in [-0.15, -0.1) is 0 Å². The van der Waals surface area contributed by atoms with E-state index in [0.29, 0.717) is 5.15 Å². The normalized spacial score (nSPS) is 10.7. The van der Waals surface area contributed by atoms with Gasteiger partial charge in [0.2, 0.25) is 0 Å². The van der Waals surface area contributed by atoms with Crippen molar-refractivity contribution in [3.05, 3.63) is 40.4 Å². The van der Waals surface area contributed by atoms with E-state index in [2.05, 4.69) is 22.3 Å². The number of aryl methyl sites for hydroxylation is 2. The number of nitrogens with one attached hydrogen (secondary N) is 1. The lowest BCUT2D eigenvalue weighted by atomic mass is 10.1. The first-order valence-electron chi connectivity index (χ1n) is 5.92. The van der Waals surface area contributed by atoms with Gasteiger partial charge >= 0.3 is 0 Å². The van der Waals surface area contributed by atoms with Crippen LogP contribution < -0.4 is 5.32 Å². The minimum atomic E-state index is 0.508. The fourth-order valence-electron chi connectivity index (χ4n) is 2.02. The summed E-state index contributed by atoms with van der Waals surface area (Å²) in [6.45, 7) is 5.00. The summed E-state index contributed by atoms with van der Waals surface area (Å²) in [5.41, 5.74) is 4.63. The van der Waals surface area contributed by atoms with Gasteiger partial charge in [-0.1, -0.05) is 11.6 Å². The molecule has 1 N–H and O–H groups in total. The number of hydrogen-bond acceptors (Lipinski definition) is 3. The maximum absolute atomic E-state index is 5.83. The molecule has 0 unspecified atom stereocenters. The summed E-state index contributed by atoms with van der Waals surface area (Å²) in [7, 11) is 1.97. The second kappa shape index (κ2) is 5.40. The van der Waals surface area contributed by atoms with Gasteiger partial charge in [0.1, 0.15) is 5.15 Å². The Kier molecular flexibility index (Phi) is 3.87. The Balaban J connectivity index is 1.96. The molecule has 0 aliphatic heterocycles. The zero-order valence-corrected chi connectivity index (χ0v) is 11.6. The predicted molar refractivity (Wildman–Crippen MR) is 74.1 cm³/mol. The van der Waals surface area contributed by atoms with Crippen LogP contribution in [0, 0.1) is 13.8 Å². The summed E-state index contributed by atoms with van der Waals surface area (Å²) in [5.74, 6) is 0. The highest BCUT2D eigenvalue weighted by molar-refractivity contribution is 6.29. The van der Waals surface area contributed by atoms with Crippen molar-refractivity contribution in [1.82, 2.24) is 14.8 Å². The number of hydrogen-bond donors (Lipinski definition) is 1. The van der Waals surface area contributed by atoms with Crippen molar-refractivity contribution in [2.75, 3.05) is 11.9 Å². The quantitative estimate of drug-likeness (QED) is 0.864. The van der Waals surface area contributed by atoms with E-state index in [9.17, 15) is 0 Å². The van der Waals surface area contributed by atoms with Crippen LogP contribution in [0.25, 0.3) is 0 Å². The zero-order chi connectivity index (χ0) is 13.1. The molecule has 0 spiro atoms. The van der Waals surface area contributed by atoms with Gasteiger partial charge in [-0.25, -0.2) is 4.98 Å². The van der Waals surface area contributed by atoms with E-state index in [4.69, 9.17) is 11.6 Å². The molecule has 0 aliphatic carbocycles. The molecule has 96 valence electrons. The Hall–Kier alpha value is -1.55. The Morgan fingerprint density at radius 2 is 2.17 bits per heavy atom. The Morgan fingerprint density at radius 3 is 2.78 bits per heavy atom. The molecule has 5 heteroatoms. The highest BCUT2D eigenvalue weighted by atomic mass is 35.5. The van der Waals surface area contributed by atoms with E-state index in [1.807, 2.05) is 30.8 Å². The first-order valence-corrected chi connectivity index (χ1v) is 6.30. The molecule has 0 amide bonds. The van der Waals surface area contributed by atoms with Gasteiger partial charge in [0.15, 0.2) is 0 Å². The standard InChI is InChI=1S/C13H17ClN4/c1-9-12(10(2)18(3)17-9)5-7-15-11-4-6-16-13(14)8-11/h4,6,8H,5,7H2,1-3H3,(H,15,16). The highest BCUT2D eigenvalue weighted by Gasteiger charge is 2.08. The molecule has 0 saturated heterocycles. The minimum Gasteiger partial charge on any atom is -0.385 e. The predicted octanol–water partition coefficient (Wildman–Crippen LogP) is 2.74. The second-order valence-corrected chi connectivity index (χ2v) is 4.70. The molecule has 2 rings (SSSR count). The molecule has 0 saturated carbocycles. The molecular weight excluding hydrogens is 248 g/mol. The highest BCUT2D eigenvalue weighted by Crippen LogP contribution is 2.14. The van der Waals surface area contributed by atoms with Crippen LogP contribution in [0.3, 0.4) is 0 Å². The van der Waals surface area contributed by atoms with Gasteiger partial charge in [0, 0.05) is 31.2 Å². The minimum absolute atomic E-state index is 0.508. The van der Waals surface area contributed by atoms with Crippen molar-refractivity contribution in [3.8, 4) is 0 Å². The zero-order valence-electron chi connectivity index (χ0n) is 10.9. The summed E-state index contributed by atoms with van der Waals surface area (Å²) in [6, 6.07) is 3.74. The first-order chi connectivity index (χ1) is 8.58. The number of pyridine rings is 1. The number of aromatic nitrogens is 3. The van der Waals surface area contributed by atoms with Gasteiger partial charge < -0.3 is 5.32 Å². The first kappa shape index (κ1) is 12.9. The third-order valence-electron chi connectivity index (χ3n) is 3.09. The number of nitrogens with zero attached hydrogens (tertiary/aromatic N) is 3. The molecule has 2 aromatic rings. The molecule has 18 heavy (non-hydrogen) atoms. The Morgan fingerprint density at radius 1 is 1.39 bits per heavy atom. The lowest BCUT2D eigenvalue weighted by Crippen LogP contribution is -2.06. The van der Waals surface area contributed by atoms with Gasteiger partial charge in [0.25, 0.3) is 0 Å². The average molecular weight is 265 g/mol. The van der Waals surface area contributed by atoms with E-state index in [-0.39, 0.29) is 0 Å². The van der Waals surface area contributed by atoms with Gasteiger partial charge in [0.05, 0.1) is 5.69 Å². The molecule has 4 nitrogen and oxygen atoms in total. The average Bonchev–Trinajstić information content (AvgIpc) is 2.56. The topological polar surface area (TPSA) is 42.7 Å². The van der Waals surface area contributed by atoms with Gasteiger partial charge in [-0.2, -0.15) is 5.10 Å². The Bertz CT molecular complexity index is 548. The van der Waals surface area contributed by atoms with Gasteiger partial charge in [-0.3, -0.25) is 4.68 Å². The Labute approximate surface area is 112 Å². The van der Waals surface area contributed by atoms with E-state index in [1.165, 1.54) is 11.3 Å². The number of rotatable bonds is 4. The summed E-state index contributed by atoms with van der Waals surface area (Å²) in [4.78, 5) is 3.95. The third-order valence-corrected chi connectivity index (χ3v) is 3.30. The third kappa shape index (κ3) is 2.82. The van der Waals surface area contributed by atoms with Crippen molar-refractivity contribution in [3.63, 3.8) is 0 Å². The van der Waals surface area contributed by atoms with Crippen LogP contribution in [-0.2, 0) is 13.5 Å². The lowest BCUT2D eigenvalue weighted by molar-refractivity contribution is 0.730. The molecule has 0 bridgehead atoms. The van der Waals surface area contributed by atoms with Crippen LogP contribution in [-0.4, -0.2) is 21.3 Å². The molecule has 0 atom stereocenters. The molecule has 0 aliphatic rings. The number of anilines is 1. The van der Waals surface area contributed by atoms with E-state index in [0.717, 1.165) is 24.3 Å². The van der Waals surface area contributed by atoms with Crippen molar-refractivity contribution in [1.29, 1.82) is 0 Å². The largest absolute Gasteiger partial charge is 0.385 e. The summed E-state index contributed by atoms with van der Waals surface area (Å²) in [5, 5.41) is 8.25. The molecular formula is C13H17ClN4. The molecule has 2 aromatic heterocycles. The van der Waals surface area contributed by atoms with Crippen LogP contribution in [0.1, 0.15) is 17.0 Å². The second-order valence-electron chi connectivity index (χ2n) is 4.32. The smallest absolute Gasteiger partial charge is 0.131 e. The SMILES string of the molecule is Cc1nn(C)c(C)c1CCNc1ccnc(Cl)c1. The van der Waals surface area contributed by atoms with Crippen LogP contribution in [0.4, 0.5) is 5.69 Å². The molecule has 0 fully saturated rings. The number of halogens is 1. The summed E-state index contributed by atoms with van der Waals surface area (Å²) in [6.07, 6.45) is 2.65. The monoisotopic (exact) mass is 264 g/mol. The van der Waals surface area contributed by atoms with Crippen molar-refractivity contribution in [2.24, 2.45) is 7.05 Å².